The summed E-state index contributed by atoms with van der Waals surface area (Å²) in [6, 6.07) is 3.40. The fourth-order valence-corrected chi connectivity index (χ4v) is 1.87. The lowest BCUT2D eigenvalue weighted by Crippen LogP contribution is -2.12. The van der Waals surface area contributed by atoms with Crippen molar-refractivity contribution in [2.24, 2.45) is 0 Å². The quantitative estimate of drug-likeness (QED) is 0.803. The number of carbonyl (C=O) groups is 1. The molecule has 1 aromatic heterocycles. The molecule has 0 unspecified atom stereocenters. The molecule has 2 aromatic rings. The molecule has 112 valence electrons. The summed E-state index contributed by atoms with van der Waals surface area (Å²) < 4.78 is 22.8. The molecule has 0 saturated carbocycles. The number of nitrogens with one attached hydrogen (secondary N) is 1. The second kappa shape index (κ2) is 5.92. The SMILES string of the molecule is CCOC(=O)Nc1oc(-c2ccc(F)cc2Cl)c(O)c1O. The highest BCUT2D eigenvalue weighted by molar-refractivity contribution is 6.33. The smallest absolute Gasteiger partial charge is 0.414 e. The summed E-state index contributed by atoms with van der Waals surface area (Å²) in [5.74, 6) is -2.48. The number of aromatic hydroxyl groups is 2. The summed E-state index contributed by atoms with van der Waals surface area (Å²) in [7, 11) is 0. The number of carbonyl (C=O) groups excluding carboxylic acids is 1. The van der Waals surface area contributed by atoms with Crippen LogP contribution in [0.1, 0.15) is 6.92 Å². The number of hydrogen-bond donors (Lipinski definition) is 3. The Morgan fingerprint density at radius 1 is 1.43 bits per heavy atom. The van der Waals surface area contributed by atoms with E-state index in [1.54, 1.807) is 6.92 Å². The van der Waals surface area contributed by atoms with Crippen LogP contribution in [-0.4, -0.2) is 22.9 Å². The summed E-state index contributed by atoms with van der Waals surface area (Å²) >= 11 is 5.85. The minimum Gasteiger partial charge on any atom is -0.502 e. The van der Waals surface area contributed by atoms with E-state index < -0.39 is 29.3 Å². The zero-order valence-corrected chi connectivity index (χ0v) is 11.6. The van der Waals surface area contributed by atoms with Crippen LogP contribution in [0.15, 0.2) is 22.6 Å². The average Bonchev–Trinajstić information content (AvgIpc) is 2.68. The Morgan fingerprint density at radius 2 is 2.14 bits per heavy atom. The first-order valence-electron chi connectivity index (χ1n) is 5.88. The van der Waals surface area contributed by atoms with Gasteiger partial charge < -0.3 is 19.4 Å². The van der Waals surface area contributed by atoms with Gasteiger partial charge in [-0.25, -0.2) is 9.18 Å². The lowest BCUT2D eigenvalue weighted by molar-refractivity contribution is 0.167. The van der Waals surface area contributed by atoms with Gasteiger partial charge in [-0.05, 0) is 25.1 Å². The molecule has 0 spiro atoms. The largest absolute Gasteiger partial charge is 0.502 e. The number of benzene rings is 1. The first kappa shape index (κ1) is 15.0. The van der Waals surface area contributed by atoms with Gasteiger partial charge >= 0.3 is 6.09 Å². The summed E-state index contributed by atoms with van der Waals surface area (Å²) in [6.07, 6.45) is -0.863. The van der Waals surface area contributed by atoms with Crippen LogP contribution in [0.25, 0.3) is 11.3 Å². The number of ether oxygens (including phenoxy) is 1. The molecule has 0 bridgehead atoms. The molecule has 0 aliphatic rings. The topological polar surface area (TPSA) is 91.9 Å². The van der Waals surface area contributed by atoms with E-state index in [-0.39, 0.29) is 23.0 Å². The maximum atomic E-state index is 13.0. The van der Waals surface area contributed by atoms with Crippen molar-refractivity contribution in [1.29, 1.82) is 0 Å². The molecule has 0 saturated heterocycles. The third kappa shape index (κ3) is 3.03. The van der Waals surface area contributed by atoms with Gasteiger partial charge in [-0.2, -0.15) is 0 Å². The summed E-state index contributed by atoms with van der Waals surface area (Å²) in [6.45, 7) is 1.72. The van der Waals surface area contributed by atoms with Gasteiger partial charge in [0.05, 0.1) is 11.6 Å². The van der Waals surface area contributed by atoms with Crippen LogP contribution in [0, 0.1) is 5.82 Å². The van der Waals surface area contributed by atoms with Crippen molar-refractivity contribution < 1.29 is 28.6 Å². The third-order valence-corrected chi connectivity index (χ3v) is 2.84. The molecule has 21 heavy (non-hydrogen) atoms. The van der Waals surface area contributed by atoms with Gasteiger partial charge in [-0.1, -0.05) is 11.6 Å². The minimum atomic E-state index is -0.863. The van der Waals surface area contributed by atoms with Crippen molar-refractivity contribution in [1.82, 2.24) is 0 Å². The molecular formula is C13H11ClFNO5. The number of amides is 1. The highest BCUT2D eigenvalue weighted by Crippen LogP contribution is 2.46. The van der Waals surface area contributed by atoms with E-state index >= 15 is 0 Å². The molecule has 1 amide bonds. The van der Waals surface area contributed by atoms with Crippen molar-refractivity contribution in [2.75, 3.05) is 11.9 Å². The number of anilines is 1. The van der Waals surface area contributed by atoms with E-state index in [1.165, 1.54) is 6.07 Å². The first-order valence-corrected chi connectivity index (χ1v) is 6.25. The predicted octanol–water partition coefficient (Wildman–Crippen LogP) is 3.72. The number of furan rings is 1. The highest BCUT2D eigenvalue weighted by atomic mass is 35.5. The van der Waals surface area contributed by atoms with Gasteiger partial charge in [0, 0.05) is 5.56 Å². The Morgan fingerprint density at radius 3 is 2.76 bits per heavy atom. The van der Waals surface area contributed by atoms with Crippen LogP contribution >= 0.6 is 11.6 Å². The van der Waals surface area contributed by atoms with Gasteiger partial charge in [0.1, 0.15) is 5.82 Å². The lowest BCUT2D eigenvalue weighted by atomic mass is 10.1. The van der Waals surface area contributed by atoms with E-state index in [9.17, 15) is 19.4 Å². The number of hydrogen-bond acceptors (Lipinski definition) is 5. The zero-order chi connectivity index (χ0) is 15.6. The Balaban J connectivity index is 2.40. The van der Waals surface area contributed by atoms with Gasteiger partial charge in [-0.3, -0.25) is 5.32 Å². The van der Waals surface area contributed by atoms with E-state index in [2.05, 4.69) is 10.1 Å². The van der Waals surface area contributed by atoms with Crippen molar-refractivity contribution in [3.05, 3.63) is 29.0 Å². The standard InChI is InChI=1S/C13H11ClFNO5/c1-2-20-13(19)16-12-10(18)9(17)11(21-12)7-4-3-6(15)5-8(7)14/h3-5,17-18H,2H2,1H3,(H,16,19). The molecule has 0 aliphatic heterocycles. The van der Waals surface area contributed by atoms with Gasteiger partial charge in [-0.15, -0.1) is 0 Å². The van der Waals surface area contributed by atoms with Crippen LogP contribution in [-0.2, 0) is 4.74 Å². The molecule has 2 rings (SSSR count). The minimum absolute atomic E-state index is 0.0262. The molecule has 6 nitrogen and oxygen atoms in total. The Hall–Kier alpha value is -2.41. The molecule has 0 radical (unpaired) electrons. The summed E-state index contributed by atoms with van der Waals surface area (Å²) in [4.78, 5) is 11.3. The molecule has 8 heteroatoms. The van der Waals surface area contributed by atoms with E-state index in [4.69, 9.17) is 16.0 Å². The second-order valence-electron chi connectivity index (χ2n) is 3.93. The Labute approximate surface area is 123 Å². The van der Waals surface area contributed by atoms with Gasteiger partial charge in [0.25, 0.3) is 0 Å². The van der Waals surface area contributed by atoms with Crippen molar-refractivity contribution in [3.8, 4) is 22.8 Å². The van der Waals surface area contributed by atoms with Crippen LogP contribution in [0.4, 0.5) is 15.1 Å². The summed E-state index contributed by atoms with van der Waals surface area (Å²) in [5.41, 5.74) is 0.155. The number of halogens is 2. The average molecular weight is 316 g/mol. The Bertz CT molecular complexity index is 685. The molecule has 0 atom stereocenters. The fraction of sp³-hybridized carbons (Fsp3) is 0.154. The normalized spacial score (nSPS) is 10.4. The zero-order valence-electron chi connectivity index (χ0n) is 10.8. The molecule has 1 aromatic carbocycles. The maximum absolute atomic E-state index is 13.0. The molecular weight excluding hydrogens is 305 g/mol. The highest BCUT2D eigenvalue weighted by Gasteiger charge is 2.24. The van der Waals surface area contributed by atoms with Crippen molar-refractivity contribution in [3.63, 3.8) is 0 Å². The van der Waals surface area contributed by atoms with Crippen LogP contribution in [0.5, 0.6) is 11.5 Å². The molecule has 3 N–H and O–H groups in total. The van der Waals surface area contributed by atoms with Crippen LogP contribution < -0.4 is 5.32 Å². The predicted molar refractivity (Wildman–Crippen MR) is 73.1 cm³/mol. The first-order chi connectivity index (χ1) is 9.93. The van der Waals surface area contributed by atoms with E-state index in [0.29, 0.717) is 0 Å². The van der Waals surface area contributed by atoms with E-state index in [1.807, 2.05) is 0 Å². The molecule has 0 fully saturated rings. The van der Waals surface area contributed by atoms with Crippen LogP contribution in [0.2, 0.25) is 5.02 Å². The van der Waals surface area contributed by atoms with Crippen molar-refractivity contribution >= 4 is 23.6 Å². The monoisotopic (exact) mass is 315 g/mol. The van der Waals surface area contributed by atoms with Crippen molar-refractivity contribution in [2.45, 2.75) is 6.92 Å². The number of rotatable bonds is 3. The molecule has 1 heterocycles. The summed E-state index contributed by atoms with van der Waals surface area (Å²) in [5, 5.41) is 21.6. The molecule has 0 aliphatic carbocycles. The fourth-order valence-electron chi connectivity index (χ4n) is 1.61. The van der Waals surface area contributed by atoms with E-state index in [0.717, 1.165) is 12.1 Å². The van der Waals surface area contributed by atoms with Gasteiger partial charge in [0.15, 0.2) is 5.76 Å². The second-order valence-corrected chi connectivity index (χ2v) is 4.33. The third-order valence-electron chi connectivity index (χ3n) is 2.53. The van der Waals surface area contributed by atoms with Crippen LogP contribution in [0.3, 0.4) is 0 Å². The lowest BCUT2D eigenvalue weighted by Gasteiger charge is -2.02. The maximum Gasteiger partial charge on any atom is 0.414 e. The van der Waals surface area contributed by atoms with Gasteiger partial charge in [0.2, 0.25) is 17.4 Å². The Kier molecular flexibility index (Phi) is 4.23.